The Labute approximate surface area is 123 Å². The van der Waals surface area contributed by atoms with Crippen LogP contribution in [0.2, 0.25) is 0 Å². The minimum absolute atomic E-state index is 0.0528. The van der Waals surface area contributed by atoms with Crippen molar-refractivity contribution in [3.05, 3.63) is 35.1 Å². The van der Waals surface area contributed by atoms with Crippen LogP contribution in [0.3, 0.4) is 0 Å². The molecule has 21 heavy (non-hydrogen) atoms. The van der Waals surface area contributed by atoms with E-state index in [9.17, 15) is 9.18 Å². The monoisotopic (exact) mass is 291 g/mol. The molecule has 112 valence electrons. The van der Waals surface area contributed by atoms with Gasteiger partial charge in [-0.1, -0.05) is 0 Å². The summed E-state index contributed by atoms with van der Waals surface area (Å²) in [4.78, 5) is 14.8. The molecule has 5 nitrogen and oxygen atoms in total. The number of benzene rings is 1. The molecule has 0 radical (unpaired) electrons. The number of nitriles is 1. The molecule has 1 heterocycles. The van der Waals surface area contributed by atoms with Gasteiger partial charge in [-0.15, -0.1) is 0 Å². The standard InChI is InChI=1S/C15H18FN3O2/c16-14-3-2-12(9-17)13(8-14)10-18-4-1-5-19(7-6-18)11-15(20)21/h2-3,8H,1,4-7,10-11H2,(H,20,21). The summed E-state index contributed by atoms with van der Waals surface area (Å²) in [5.74, 6) is -1.16. The van der Waals surface area contributed by atoms with Crippen LogP contribution in [0, 0.1) is 17.1 Å². The molecule has 6 heteroatoms. The van der Waals surface area contributed by atoms with E-state index >= 15 is 0 Å². The van der Waals surface area contributed by atoms with Gasteiger partial charge in [-0.25, -0.2) is 4.39 Å². The predicted molar refractivity (Wildman–Crippen MR) is 75.1 cm³/mol. The summed E-state index contributed by atoms with van der Waals surface area (Å²) < 4.78 is 13.3. The van der Waals surface area contributed by atoms with Crippen LogP contribution < -0.4 is 0 Å². The number of aliphatic carboxylic acids is 1. The third-order valence-corrected chi connectivity index (χ3v) is 3.62. The number of halogens is 1. The van der Waals surface area contributed by atoms with Crippen LogP contribution in [0.1, 0.15) is 17.5 Å². The van der Waals surface area contributed by atoms with Gasteiger partial charge in [0.05, 0.1) is 18.2 Å². The Morgan fingerprint density at radius 3 is 2.71 bits per heavy atom. The molecule has 0 saturated carbocycles. The Kier molecular flexibility index (Phi) is 5.26. The molecule has 0 aromatic heterocycles. The van der Waals surface area contributed by atoms with Crippen LogP contribution in [0.5, 0.6) is 0 Å². The van der Waals surface area contributed by atoms with E-state index < -0.39 is 5.97 Å². The topological polar surface area (TPSA) is 67.6 Å². The van der Waals surface area contributed by atoms with Crippen LogP contribution in [0.15, 0.2) is 18.2 Å². The fourth-order valence-electron chi connectivity index (χ4n) is 2.57. The summed E-state index contributed by atoms with van der Waals surface area (Å²) in [7, 11) is 0. The highest BCUT2D eigenvalue weighted by Crippen LogP contribution is 2.14. The van der Waals surface area contributed by atoms with Crippen LogP contribution in [-0.4, -0.2) is 53.6 Å². The van der Waals surface area contributed by atoms with E-state index in [0.29, 0.717) is 30.8 Å². The zero-order valence-corrected chi connectivity index (χ0v) is 11.8. The smallest absolute Gasteiger partial charge is 0.317 e. The summed E-state index contributed by atoms with van der Waals surface area (Å²) in [6.07, 6.45) is 0.866. The molecule has 2 rings (SSSR count). The Morgan fingerprint density at radius 2 is 2.00 bits per heavy atom. The molecule has 0 spiro atoms. The second kappa shape index (κ2) is 7.16. The van der Waals surface area contributed by atoms with Crippen molar-refractivity contribution in [3.63, 3.8) is 0 Å². The van der Waals surface area contributed by atoms with Crippen molar-refractivity contribution in [2.75, 3.05) is 32.7 Å². The lowest BCUT2D eigenvalue weighted by molar-refractivity contribution is -0.138. The minimum Gasteiger partial charge on any atom is -0.480 e. The molecular weight excluding hydrogens is 273 g/mol. The summed E-state index contributed by atoms with van der Waals surface area (Å²) >= 11 is 0. The van der Waals surface area contributed by atoms with Crippen LogP contribution in [-0.2, 0) is 11.3 Å². The Morgan fingerprint density at radius 1 is 1.29 bits per heavy atom. The molecule has 0 unspecified atom stereocenters. The first-order valence-corrected chi connectivity index (χ1v) is 6.93. The van der Waals surface area contributed by atoms with Gasteiger partial charge < -0.3 is 5.11 Å². The highest BCUT2D eigenvalue weighted by molar-refractivity contribution is 5.69. The second-order valence-corrected chi connectivity index (χ2v) is 5.21. The molecule has 1 N–H and O–H groups in total. The van der Waals surface area contributed by atoms with Gasteiger partial charge in [-0.05, 0) is 36.7 Å². The Hall–Kier alpha value is -1.97. The van der Waals surface area contributed by atoms with Gasteiger partial charge in [-0.2, -0.15) is 5.26 Å². The molecular formula is C15H18FN3O2. The highest BCUT2D eigenvalue weighted by atomic mass is 19.1. The fourth-order valence-corrected chi connectivity index (χ4v) is 2.57. The van der Waals surface area contributed by atoms with Gasteiger partial charge in [-0.3, -0.25) is 14.6 Å². The van der Waals surface area contributed by atoms with E-state index in [4.69, 9.17) is 10.4 Å². The van der Waals surface area contributed by atoms with E-state index in [-0.39, 0.29) is 12.4 Å². The number of nitrogens with zero attached hydrogens (tertiary/aromatic N) is 3. The molecule has 0 amide bonds. The average Bonchev–Trinajstić information content (AvgIpc) is 2.64. The first-order valence-electron chi connectivity index (χ1n) is 6.93. The van der Waals surface area contributed by atoms with Crippen molar-refractivity contribution < 1.29 is 14.3 Å². The van der Waals surface area contributed by atoms with Crippen LogP contribution in [0.4, 0.5) is 4.39 Å². The van der Waals surface area contributed by atoms with Gasteiger partial charge in [0, 0.05) is 26.2 Å². The van der Waals surface area contributed by atoms with Gasteiger partial charge in [0.25, 0.3) is 0 Å². The quantitative estimate of drug-likeness (QED) is 0.905. The maximum absolute atomic E-state index is 13.3. The lowest BCUT2D eigenvalue weighted by Gasteiger charge is -2.21. The number of carbonyl (C=O) groups is 1. The molecule has 1 fully saturated rings. The Balaban J connectivity index is 1.99. The highest BCUT2D eigenvalue weighted by Gasteiger charge is 2.17. The van der Waals surface area contributed by atoms with E-state index in [1.54, 1.807) is 0 Å². The van der Waals surface area contributed by atoms with Gasteiger partial charge in [0.15, 0.2) is 0 Å². The van der Waals surface area contributed by atoms with Gasteiger partial charge >= 0.3 is 5.97 Å². The molecule has 1 aliphatic rings. The second-order valence-electron chi connectivity index (χ2n) is 5.21. The zero-order chi connectivity index (χ0) is 15.2. The SMILES string of the molecule is N#Cc1ccc(F)cc1CN1CCCN(CC(=O)O)CC1. The zero-order valence-electron chi connectivity index (χ0n) is 11.8. The third kappa shape index (κ3) is 4.52. The molecule has 0 atom stereocenters. The summed E-state index contributed by atoms with van der Waals surface area (Å²) in [5, 5.41) is 17.9. The fraction of sp³-hybridized carbons (Fsp3) is 0.467. The summed E-state index contributed by atoms with van der Waals surface area (Å²) in [6, 6.07) is 6.27. The summed E-state index contributed by atoms with van der Waals surface area (Å²) in [5.41, 5.74) is 1.17. The van der Waals surface area contributed by atoms with Gasteiger partial charge in [0.1, 0.15) is 5.82 Å². The predicted octanol–water partition coefficient (Wildman–Crippen LogP) is 1.29. The molecule has 0 bridgehead atoms. The van der Waals surface area contributed by atoms with E-state index in [1.165, 1.54) is 18.2 Å². The summed E-state index contributed by atoms with van der Waals surface area (Å²) in [6.45, 7) is 3.52. The van der Waals surface area contributed by atoms with Crippen LogP contribution >= 0.6 is 0 Å². The number of carboxylic acid groups (broad SMARTS) is 1. The van der Waals surface area contributed by atoms with Crippen molar-refractivity contribution in [2.24, 2.45) is 0 Å². The number of hydrogen-bond acceptors (Lipinski definition) is 4. The van der Waals surface area contributed by atoms with Crippen molar-refractivity contribution in [3.8, 4) is 6.07 Å². The maximum Gasteiger partial charge on any atom is 0.317 e. The normalized spacial score (nSPS) is 17.1. The molecule has 1 aromatic rings. The molecule has 1 aromatic carbocycles. The van der Waals surface area contributed by atoms with E-state index in [0.717, 1.165) is 19.5 Å². The van der Waals surface area contributed by atoms with Crippen molar-refractivity contribution >= 4 is 5.97 Å². The third-order valence-electron chi connectivity index (χ3n) is 3.62. The minimum atomic E-state index is -0.819. The average molecular weight is 291 g/mol. The number of hydrogen-bond donors (Lipinski definition) is 1. The molecule has 1 saturated heterocycles. The Bertz CT molecular complexity index is 556. The van der Waals surface area contributed by atoms with Crippen molar-refractivity contribution in [1.29, 1.82) is 5.26 Å². The van der Waals surface area contributed by atoms with Crippen molar-refractivity contribution in [1.82, 2.24) is 9.80 Å². The van der Waals surface area contributed by atoms with Crippen LogP contribution in [0.25, 0.3) is 0 Å². The lowest BCUT2D eigenvalue weighted by Crippen LogP contribution is -2.34. The van der Waals surface area contributed by atoms with E-state index in [1.807, 2.05) is 4.90 Å². The molecule has 1 aliphatic heterocycles. The molecule has 0 aliphatic carbocycles. The maximum atomic E-state index is 13.3. The first-order chi connectivity index (χ1) is 10.1. The lowest BCUT2D eigenvalue weighted by atomic mass is 10.1. The van der Waals surface area contributed by atoms with Gasteiger partial charge in [0.2, 0.25) is 0 Å². The van der Waals surface area contributed by atoms with E-state index in [2.05, 4.69) is 11.0 Å². The van der Waals surface area contributed by atoms with Crippen molar-refractivity contribution in [2.45, 2.75) is 13.0 Å². The number of rotatable bonds is 4. The number of carboxylic acids is 1. The first kappa shape index (κ1) is 15.4. The largest absolute Gasteiger partial charge is 0.480 e.